The molecule has 2 rings (SSSR count). The predicted molar refractivity (Wildman–Crippen MR) is 76.1 cm³/mol. The summed E-state index contributed by atoms with van der Waals surface area (Å²) in [5.41, 5.74) is 0. The lowest BCUT2D eigenvalue weighted by Crippen LogP contribution is -2.46. The number of ether oxygens (including phenoxy) is 2. The van der Waals surface area contributed by atoms with Gasteiger partial charge in [-0.3, -0.25) is 4.90 Å². The number of benzene rings is 1. The number of halogens is 1. The molecule has 4 heteroatoms. The van der Waals surface area contributed by atoms with Crippen LogP contribution in [0.4, 0.5) is 0 Å². The fourth-order valence-corrected chi connectivity index (χ4v) is 2.55. The van der Waals surface area contributed by atoms with Crippen LogP contribution in [-0.4, -0.2) is 43.3 Å². The van der Waals surface area contributed by atoms with Crippen molar-refractivity contribution in [2.75, 3.05) is 26.2 Å². The number of morpholine rings is 1. The average Bonchev–Trinajstić information content (AvgIpc) is 2.30. The first-order chi connectivity index (χ1) is 8.63. The molecule has 1 aromatic rings. The van der Waals surface area contributed by atoms with Crippen LogP contribution in [-0.2, 0) is 4.74 Å². The van der Waals surface area contributed by atoms with Crippen LogP contribution < -0.4 is 4.74 Å². The van der Waals surface area contributed by atoms with Crippen molar-refractivity contribution in [3.05, 3.63) is 28.7 Å². The van der Waals surface area contributed by atoms with Crippen LogP contribution in [0.2, 0.25) is 0 Å². The topological polar surface area (TPSA) is 21.7 Å². The smallest absolute Gasteiger partial charge is 0.119 e. The van der Waals surface area contributed by atoms with Crippen molar-refractivity contribution < 1.29 is 9.47 Å². The van der Waals surface area contributed by atoms with Crippen LogP contribution >= 0.6 is 15.9 Å². The third-order valence-corrected chi connectivity index (χ3v) is 3.51. The Labute approximate surface area is 117 Å². The Balaban J connectivity index is 1.73. The van der Waals surface area contributed by atoms with E-state index >= 15 is 0 Å². The fourth-order valence-electron chi connectivity index (χ4n) is 2.29. The van der Waals surface area contributed by atoms with Crippen LogP contribution in [0.25, 0.3) is 0 Å². The zero-order chi connectivity index (χ0) is 13.0. The molecule has 1 aliphatic heterocycles. The lowest BCUT2D eigenvalue weighted by Gasteiger charge is -2.35. The molecule has 3 nitrogen and oxygen atoms in total. The van der Waals surface area contributed by atoms with Crippen molar-refractivity contribution in [2.45, 2.75) is 26.1 Å². The van der Waals surface area contributed by atoms with Gasteiger partial charge in [0.05, 0.1) is 12.2 Å². The standard InChI is InChI=1S/C14H20BrNO2/c1-11-9-16(10-12(2)18-11)7-8-17-14-5-3-13(15)4-6-14/h3-6,11-12H,7-10H2,1-2H3/t11-,12+. The molecular weight excluding hydrogens is 294 g/mol. The largest absolute Gasteiger partial charge is 0.492 e. The summed E-state index contributed by atoms with van der Waals surface area (Å²) in [5.74, 6) is 0.924. The Morgan fingerprint density at radius 1 is 1.22 bits per heavy atom. The Morgan fingerprint density at radius 2 is 1.83 bits per heavy atom. The first kappa shape index (κ1) is 13.8. The van der Waals surface area contributed by atoms with Gasteiger partial charge in [0.2, 0.25) is 0 Å². The van der Waals surface area contributed by atoms with E-state index in [-0.39, 0.29) is 0 Å². The zero-order valence-corrected chi connectivity index (χ0v) is 12.5. The van der Waals surface area contributed by atoms with E-state index in [4.69, 9.17) is 9.47 Å². The highest BCUT2D eigenvalue weighted by Crippen LogP contribution is 2.16. The molecule has 0 aliphatic carbocycles. The Bertz CT molecular complexity index is 359. The lowest BCUT2D eigenvalue weighted by atomic mass is 10.2. The molecular formula is C14H20BrNO2. The molecule has 0 unspecified atom stereocenters. The summed E-state index contributed by atoms with van der Waals surface area (Å²) < 4.78 is 12.5. The number of hydrogen-bond acceptors (Lipinski definition) is 3. The number of rotatable bonds is 4. The van der Waals surface area contributed by atoms with Gasteiger partial charge in [-0.2, -0.15) is 0 Å². The van der Waals surface area contributed by atoms with Gasteiger partial charge in [0.15, 0.2) is 0 Å². The van der Waals surface area contributed by atoms with Gasteiger partial charge in [-0.1, -0.05) is 15.9 Å². The molecule has 0 N–H and O–H groups in total. The minimum Gasteiger partial charge on any atom is -0.492 e. The first-order valence-corrected chi connectivity index (χ1v) is 7.19. The average molecular weight is 314 g/mol. The Morgan fingerprint density at radius 3 is 2.44 bits per heavy atom. The van der Waals surface area contributed by atoms with Gasteiger partial charge in [0.1, 0.15) is 12.4 Å². The molecule has 1 heterocycles. The van der Waals surface area contributed by atoms with Crippen molar-refractivity contribution in [2.24, 2.45) is 0 Å². The van der Waals surface area contributed by atoms with E-state index in [0.717, 1.165) is 36.5 Å². The summed E-state index contributed by atoms with van der Waals surface area (Å²) in [5, 5.41) is 0. The molecule has 1 aromatic carbocycles. The minimum absolute atomic E-state index is 0.321. The van der Waals surface area contributed by atoms with Crippen LogP contribution in [0.1, 0.15) is 13.8 Å². The summed E-state index contributed by atoms with van der Waals surface area (Å²) in [6.07, 6.45) is 0.642. The SMILES string of the molecule is C[C@@H]1CN(CCOc2ccc(Br)cc2)C[C@H](C)O1. The summed E-state index contributed by atoms with van der Waals surface area (Å²) >= 11 is 3.41. The quantitative estimate of drug-likeness (QED) is 0.853. The maximum absolute atomic E-state index is 5.73. The second kappa shape index (κ2) is 6.55. The molecule has 2 atom stereocenters. The molecule has 0 saturated carbocycles. The van der Waals surface area contributed by atoms with E-state index in [0.29, 0.717) is 12.2 Å². The Hall–Kier alpha value is -0.580. The monoisotopic (exact) mass is 313 g/mol. The molecule has 100 valence electrons. The zero-order valence-electron chi connectivity index (χ0n) is 10.9. The second-order valence-corrected chi connectivity index (χ2v) is 5.73. The summed E-state index contributed by atoms with van der Waals surface area (Å²) in [7, 11) is 0. The van der Waals surface area contributed by atoms with Crippen LogP contribution in [0.5, 0.6) is 5.75 Å². The lowest BCUT2D eigenvalue weighted by molar-refractivity contribution is -0.0699. The van der Waals surface area contributed by atoms with Gasteiger partial charge in [0.25, 0.3) is 0 Å². The van der Waals surface area contributed by atoms with Gasteiger partial charge in [-0.15, -0.1) is 0 Å². The van der Waals surface area contributed by atoms with Gasteiger partial charge in [0, 0.05) is 24.1 Å². The van der Waals surface area contributed by atoms with Crippen LogP contribution in [0.3, 0.4) is 0 Å². The van der Waals surface area contributed by atoms with E-state index in [2.05, 4.69) is 34.7 Å². The maximum Gasteiger partial charge on any atom is 0.119 e. The van der Waals surface area contributed by atoms with E-state index in [1.54, 1.807) is 0 Å². The minimum atomic E-state index is 0.321. The first-order valence-electron chi connectivity index (χ1n) is 6.39. The molecule has 1 fully saturated rings. The van der Waals surface area contributed by atoms with Gasteiger partial charge in [-0.05, 0) is 38.1 Å². The predicted octanol–water partition coefficient (Wildman–Crippen LogP) is 2.94. The Kier molecular flexibility index (Phi) is 5.03. The number of hydrogen-bond donors (Lipinski definition) is 0. The molecule has 0 aromatic heterocycles. The molecule has 0 spiro atoms. The molecule has 18 heavy (non-hydrogen) atoms. The van der Waals surface area contributed by atoms with E-state index in [1.807, 2.05) is 24.3 Å². The van der Waals surface area contributed by atoms with Gasteiger partial charge >= 0.3 is 0 Å². The highest BCUT2D eigenvalue weighted by Gasteiger charge is 2.21. The molecule has 1 aliphatic rings. The van der Waals surface area contributed by atoms with Crippen molar-refractivity contribution >= 4 is 15.9 Å². The van der Waals surface area contributed by atoms with Gasteiger partial charge in [-0.25, -0.2) is 0 Å². The van der Waals surface area contributed by atoms with E-state index < -0.39 is 0 Å². The molecule has 0 amide bonds. The third kappa shape index (κ3) is 4.26. The summed E-state index contributed by atoms with van der Waals surface area (Å²) in [4.78, 5) is 2.40. The summed E-state index contributed by atoms with van der Waals surface area (Å²) in [6, 6.07) is 7.95. The molecule has 0 radical (unpaired) electrons. The number of nitrogens with zero attached hydrogens (tertiary/aromatic N) is 1. The molecule has 0 bridgehead atoms. The highest BCUT2D eigenvalue weighted by atomic mass is 79.9. The third-order valence-electron chi connectivity index (χ3n) is 2.99. The molecule has 1 saturated heterocycles. The highest BCUT2D eigenvalue weighted by molar-refractivity contribution is 9.10. The second-order valence-electron chi connectivity index (χ2n) is 4.82. The summed E-state index contributed by atoms with van der Waals surface area (Å²) in [6.45, 7) is 7.91. The van der Waals surface area contributed by atoms with Crippen molar-refractivity contribution in [1.29, 1.82) is 0 Å². The van der Waals surface area contributed by atoms with Crippen LogP contribution in [0.15, 0.2) is 28.7 Å². The normalized spacial score (nSPS) is 25.1. The fraction of sp³-hybridized carbons (Fsp3) is 0.571. The maximum atomic E-state index is 5.73. The van der Waals surface area contributed by atoms with Crippen molar-refractivity contribution in [3.63, 3.8) is 0 Å². The van der Waals surface area contributed by atoms with E-state index in [1.165, 1.54) is 0 Å². The van der Waals surface area contributed by atoms with Crippen molar-refractivity contribution in [3.8, 4) is 5.75 Å². The van der Waals surface area contributed by atoms with E-state index in [9.17, 15) is 0 Å². The van der Waals surface area contributed by atoms with Crippen molar-refractivity contribution in [1.82, 2.24) is 4.90 Å². The van der Waals surface area contributed by atoms with Crippen LogP contribution in [0, 0.1) is 0 Å². The van der Waals surface area contributed by atoms with Gasteiger partial charge < -0.3 is 9.47 Å².